The Balaban J connectivity index is 1.91. The summed E-state index contributed by atoms with van der Waals surface area (Å²) in [5.41, 5.74) is 1.58. The van der Waals surface area contributed by atoms with Crippen molar-refractivity contribution in [3.63, 3.8) is 0 Å². The summed E-state index contributed by atoms with van der Waals surface area (Å²) in [6, 6.07) is 7.06. The largest absolute Gasteiger partial charge is 0.369 e. The molecule has 0 radical (unpaired) electrons. The number of carbonyl (C=O) groups is 1. The van der Waals surface area contributed by atoms with Crippen LogP contribution < -0.4 is 15.5 Å². The molecule has 0 saturated carbocycles. The summed E-state index contributed by atoms with van der Waals surface area (Å²) in [7, 11) is 2.09. The number of aromatic nitrogens is 2. The van der Waals surface area contributed by atoms with Gasteiger partial charge in [-0.15, -0.1) is 0 Å². The molecule has 0 atom stereocenters. The minimum Gasteiger partial charge on any atom is -0.369 e. The summed E-state index contributed by atoms with van der Waals surface area (Å²) in [5.74, 6) is 0.571. The van der Waals surface area contributed by atoms with Crippen LogP contribution in [0.5, 0.6) is 0 Å². The van der Waals surface area contributed by atoms with E-state index in [9.17, 15) is 10.1 Å². The molecule has 2 aromatic rings. The molecular weight excluding hydrogens is 368 g/mol. The van der Waals surface area contributed by atoms with Crippen molar-refractivity contribution in [1.82, 2.24) is 19.8 Å². The number of nitriles is 1. The van der Waals surface area contributed by atoms with Crippen molar-refractivity contribution >= 4 is 23.2 Å². The van der Waals surface area contributed by atoms with Gasteiger partial charge in [0.15, 0.2) is 0 Å². The van der Waals surface area contributed by atoms with Gasteiger partial charge >= 0.3 is 6.03 Å². The van der Waals surface area contributed by atoms with Crippen molar-refractivity contribution in [2.75, 3.05) is 62.0 Å². The van der Waals surface area contributed by atoms with Crippen molar-refractivity contribution < 1.29 is 4.79 Å². The van der Waals surface area contributed by atoms with Crippen molar-refractivity contribution in [3.05, 3.63) is 42.4 Å². The standard InChI is InChI=1S/C20H26N8O/c1-3-23-19-18(11-16(12-21)13-24-19)28(15-27-9-7-26(2)8-10-27)20(29)25-17-5-4-6-22-14-17/h4-6,11,13-14H,3,7-10,15H2,1-2H3,(H,23,24)(H,25,29). The first-order valence-electron chi connectivity index (χ1n) is 9.64. The number of piperazine rings is 1. The molecule has 29 heavy (non-hydrogen) atoms. The van der Waals surface area contributed by atoms with Gasteiger partial charge in [-0.3, -0.25) is 14.8 Å². The minimum absolute atomic E-state index is 0.298. The highest BCUT2D eigenvalue weighted by atomic mass is 16.2. The summed E-state index contributed by atoms with van der Waals surface area (Å²) in [4.78, 5) is 27.7. The summed E-state index contributed by atoms with van der Waals surface area (Å²) < 4.78 is 0. The molecule has 9 heteroatoms. The van der Waals surface area contributed by atoms with Gasteiger partial charge in [-0.05, 0) is 32.2 Å². The number of urea groups is 1. The van der Waals surface area contributed by atoms with Gasteiger partial charge < -0.3 is 15.5 Å². The Bertz CT molecular complexity index is 859. The van der Waals surface area contributed by atoms with E-state index >= 15 is 0 Å². The second-order valence-electron chi connectivity index (χ2n) is 6.90. The third-order valence-electron chi connectivity index (χ3n) is 4.73. The van der Waals surface area contributed by atoms with Crippen LogP contribution in [0.2, 0.25) is 0 Å². The van der Waals surface area contributed by atoms with Crippen LogP contribution in [0.25, 0.3) is 0 Å². The van der Waals surface area contributed by atoms with E-state index in [1.165, 1.54) is 6.20 Å². The third-order valence-corrected chi connectivity index (χ3v) is 4.73. The number of nitrogens with zero attached hydrogens (tertiary/aromatic N) is 6. The molecule has 1 aliphatic heterocycles. The average Bonchev–Trinajstić information content (AvgIpc) is 2.74. The molecule has 1 saturated heterocycles. The van der Waals surface area contributed by atoms with Crippen LogP contribution in [-0.4, -0.2) is 72.2 Å². The van der Waals surface area contributed by atoms with E-state index in [4.69, 9.17) is 0 Å². The number of anilines is 3. The van der Waals surface area contributed by atoms with Gasteiger partial charge in [-0.2, -0.15) is 5.26 Å². The third kappa shape index (κ3) is 5.40. The molecule has 1 aliphatic rings. The van der Waals surface area contributed by atoms with Crippen LogP contribution in [0, 0.1) is 11.3 Å². The lowest BCUT2D eigenvalue weighted by Crippen LogP contribution is -2.51. The molecule has 0 spiro atoms. The van der Waals surface area contributed by atoms with E-state index in [2.05, 4.69) is 43.5 Å². The van der Waals surface area contributed by atoms with E-state index in [0.29, 0.717) is 36.0 Å². The number of carbonyl (C=O) groups excluding carboxylic acids is 1. The van der Waals surface area contributed by atoms with E-state index in [0.717, 1.165) is 26.2 Å². The van der Waals surface area contributed by atoms with Crippen LogP contribution in [-0.2, 0) is 0 Å². The Hall–Kier alpha value is -3.22. The molecule has 152 valence electrons. The molecule has 9 nitrogen and oxygen atoms in total. The Morgan fingerprint density at radius 1 is 1.31 bits per heavy atom. The zero-order valence-electron chi connectivity index (χ0n) is 16.8. The average molecular weight is 394 g/mol. The first-order chi connectivity index (χ1) is 14.1. The smallest absolute Gasteiger partial charge is 0.327 e. The van der Waals surface area contributed by atoms with Crippen LogP contribution in [0.3, 0.4) is 0 Å². The SMILES string of the molecule is CCNc1ncc(C#N)cc1N(CN1CCN(C)CC1)C(=O)Nc1cccnc1. The predicted molar refractivity (Wildman–Crippen MR) is 113 cm³/mol. The summed E-state index contributed by atoms with van der Waals surface area (Å²) in [5, 5.41) is 15.4. The number of hydrogen-bond acceptors (Lipinski definition) is 7. The molecule has 1 fully saturated rings. The van der Waals surface area contributed by atoms with Crippen molar-refractivity contribution in [2.24, 2.45) is 0 Å². The monoisotopic (exact) mass is 394 g/mol. The maximum absolute atomic E-state index is 13.2. The normalized spacial score (nSPS) is 14.8. The van der Waals surface area contributed by atoms with Gasteiger partial charge in [0.1, 0.15) is 11.9 Å². The second kappa shape index (κ2) is 9.82. The molecular formula is C20H26N8O. The van der Waals surface area contributed by atoms with E-state index in [-0.39, 0.29) is 6.03 Å². The van der Waals surface area contributed by atoms with Gasteiger partial charge in [0.05, 0.1) is 29.8 Å². The molecule has 2 amide bonds. The van der Waals surface area contributed by atoms with Crippen LogP contribution in [0.1, 0.15) is 12.5 Å². The lowest BCUT2D eigenvalue weighted by molar-refractivity contribution is 0.155. The zero-order valence-corrected chi connectivity index (χ0v) is 16.8. The van der Waals surface area contributed by atoms with Gasteiger partial charge in [0, 0.05) is 45.1 Å². The van der Waals surface area contributed by atoms with Gasteiger partial charge in [-0.1, -0.05) is 0 Å². The zero-order chi connectivity index (χ0) is 20.6. The van der Waals surface area contributed by atoms with Crippen molar-refractivity contribution in [3.8, 4) is 6.07 Å². The Kier molecular flexibility index (Phi) is 6.94. The second-order valence-corrected chi connectivity index (χ2v) is 6.90. The fourth-order valence-electron chi connectivity index (χ4n) is 3.09. The molecule has 0 unspecified atom stereocenters. The first kappa shape index (κ1) is 20.5. The molecule has 2 N–H and O–H groups in total. The molecule has 0 aliphatic carbocycles. The van der Waals surface area contributed by atoms with E-state index in [1.54, 1.807) is 35.5 Å². The molecule has 2 aromatic heterocycles. The highest BCUT2D eigenvalue weighted by molar-refractivity contribution is 6.03. The van der Waals surface area contributed by atoms with Gasteiger partial charge in [0.25, 0.3) is 0 Å². The number of likely N-dealkylation sites (N-methyl/N-ethyl adjacent to an activating group) is 1. The Morgan fingerprint density at radius 2 is 2.10 bits per heavy atom. The van der Waals surface area contributed by atoms with E-state index < -0.39 is 0 Å². The maximum Gasteiger partial charge on any atom is 0.327 e. The van der Waals surface area contributed by atoms with Crippen molar-refractivity contribution in [1.29, 1.82) is 5.26 Å². The van der Waals surface area contributed by atoms with Crippen molar-refractivity contribution in [2.45, 2.75) is 6.92 Å². The lowest BCUT2D eigenvalue weighted by Gasteiger charge is -2.36. The van der Waals surface area contributed by atoms with Gasteiger partial charge in [-0.25, -0.2) is 9.78 Å². The molecule has 3 rings (SSSR count). The molecule has 0 bridgehead atoms. The molecule has 0 aromatic carbocycles. The van der Waals surface area contributed by atoms with Crippen LogP contribution >= 0.6 is 0 Å². The lowest BCUT2D eigenvalue weighted by atomic mass is 10.2. The van der Waals surface area contributed by atoms with Gasteiger partial charge in [0.2, 0.25) is 0 Å². The summed E-state index contributed by atoms with van der Waals surface area (Å²) >= 11 is 0. The highest BCUT2D eigenvalue weighted by Gasteiger charge is 2.25. The van der Waals surface area contributed by atoms with E-state index in [1.807, 2.05) is 6.92 Å². The Morgan fingerprint density at radius 3 is 2.76 bits per heavy atom. The Labute approximate surface area is 171 Å². The quantitative estimate of drug-likeness (QED) is 0.773. The maximum atomic E-state index is 13.2. The number of rotatable bonds is 6. The minimum atomic E-state index is -0.298. The van der Waals surface area contributed by atoms with Crippen LogP contribution in [0.15, 0.2) is 36.8 Å². The predicted octanol–water partition coefficient (Wildman–Crippen LogP) is 2.02. The number of hydrogen-bond donors (Lipinski definition) is 2. The molecule has 3 heterocycles. The topological polar surface area (TPSA) is 100 Å². The first-order valence-corrected chi connectivity index (χ1v) is 9.64. The summed E-state index contributed by atoms with van der Waals surface area (Å²) in [6.45, 7) is 6.60. The highest BCUT2D eigenvalue weighted by Crippen LogP contribution is 2.26. The number of pyridine rings is 2. The fraction of sp³-hybridized carbons (Fsp3) is 0.400. The number of nitrogens with one attached hydrogen (secondary N) is 2. The van der Waals surface area contributed by atoms with Crippen LogP contribution in [0.4, 0.5) is 22.0 Å². The fourth-order valence-corrected chi connectivity index (χ4v) is 3.09. The summed E-state index contributed by atoms with van der Waals surface area (Å²) in [6.07, 6.45) is 4.76. The number of amides is 2.